The quantitative estimate of drug-likeness (QED) is 0.485. The van der Waals surface area contributed by atoms with Gasteiger partial charge in [-0.25, -0.2) is 0 Å². The van der Waals surface area contributed by atoms with E-state index < -0.39 is 5.78 Å². The fourth-order valence-electron chi connectivity index (χ4n) is 2.97. The number of hydrogen-bond acceptors (Lipinski definition) is 7. The zero-order valence-electron chi connectivity index (χ0n) is 15.9. The lowest BCUT2D eigenvalue weighted by atomic mass is 10.0. The molecule has 7 heteroatoms. The Kier molecular flexibility index (Phi) is 5.44. The monoisotopic (exact) mass is 384 g/mol. The summed E-state index contributed by atoms with van der Waals surface area (Å²) in [5.74, 6) is 0.612. The Labute approximate surface area is 161 Å². The fraction of sp³-hybridized carbons (Fsp3) is 0.190. The average molecular weight is 384 g/mol. The Hall–Kier alpha value is -3.61. The van der Waals surface area contributed by atoms with Gasteiger partial charge in [0, 0.05) is 0 Å². The molecule has 0 saturated heterocycles. The lowest BCUT2D eigenvalue weighted by molar-refractivity contribution is 0.104. The number of furan rings is 1. The zero-order valence-corrected chi connectivity index (χ0v) is 15.9. The van der Waals surface area contributed by atoms with Gasteiger partial charge in [-0.05, 0) is 29.8 Å². The van der Waals surface area contributed by atoms with Crippen LogP contribution in [-0.4, -0.2) is 39.3 Å². The van der Waals surface area contributed by atoms with Gasteiger partial charge in [0.25, 0.3) is 0 Å². The van der Waals surface area contributed by atoms with Gasteiger partial charge in [-0.1, -0.05) is 12.1 Å². The summed E-state index contributed by atoms with van der Waals surface area (Å²) in [4.78, 5) is 12.9. The van der Waals surface area contributed by atoms with Crippen molar-refractivity contribution in [1.29, 1.82) is 0 Å². The molecule has 1 N–H and O–H groups in total. The van der Waals surface area contributed by atoms with Gasteiger partial charge in [0.05, 0.1) is 40.1 Å². The number of carbonyl (C=O) groups excluding carboxylic acids is 1. The van der Waals surface area contributed by atoms with E-state index in [9.17, 15) is 9.90 Å². The molecule has 0 radical (unpaired) electrons. The zero-order chi connectivity index (χ0) is 20.3. The minimum absolute atomic E-state index is 0.00928. The average Bonchev–Trinajstić information content (AvgIpc) is 3.20. The van der Waals surface area contributed by atoms with Crippen LogP contribution in [0.25, 0.3) is 17.0 Å². The largest absolute Gasteiger partial charge is 0.504 e. The number of carbonyl (C=O) groups is 1. The number of fused-ring (bicyclic) bond motifs is 1. The molecule has 0 bridgehead atoms. The molecule has 0 aliphatic carbocycles. The SMILES string of the molecule is COc1ccc(/C=C/C(=O)c2c(O)c(OC)c3occc3c2OC)cc1OC. The number of methoxy groups -OCH3 is 4. The molecule has 0 atom stereocenters. The van der Waals surface area contributed by atoms with Crippen molar-refractivity contribution in [3.05, 3.63) is 47.7 Å². The highest BCUT2D eigenvalue weighted by molar-refractivity contribution is 6.15. The summed E-state index contributed by atoms with van der Waals surface area (Å²) in [6.45, 7) is 0. The topological polar surface area (TPSA) is 87.4 Å². The van der Waals surface area contributed by atoms with Crippen molar-refractivity contribution < 1.29 is 33.3 Å². The first-order valence-corrected chi connectivity index (χ1v) is 8.34. The van der Waals surface area contributed by atoms with E-state index in [0.29, 0.717) is 22.5 Å². The molecule has 3 rings (SSSR count). The number of ether oxygens (including phenoxy) is 4. The molecule has 7 nitrogen and oxygen atoms in total. The van der Waals surface area contributed by atoms with Crippen molar-refractivity contribution in [2.24, 2.45) is 0 Å². The van der Waals surface area contributed by atoms with Crippen molar-refractivity contribution in [1.82, 2.24) is 0 Å². The first-order chi connectivity index (χ1) is 13.5. The van der Waals surface area contributed by atoms with Crippen LogP contribution in [0.5, 0.6) is 28.7 Å². The molecule has 0 fully saturated rings. The Morgan fingerprint density at radius 1 is 0.964 bits per heavy atom. The highest BCUT2D eigenvalue weighted by Crippen LogP contribution is 2.45. The molecule has 0 unspecified atom stereocenters. The molecule has 0 amide bonds. The maximum atomic E-state index is 12.9. The van der Waals surface area contributed by atoms with E-state index >= 15 is 0 Å². The van der Waals surface area contributed by atoms with Crippen molar-refractivity contribution in [3.63, 3.8) is 0 Å². The van der Waals surface area contributed by atoms with Gasteiger partial charge in [0.15, 0.2) is 28.6 Å². The smallest absolute Gasteiger partial charge is 0.205 e. The van der Waals surface area contributed by atoms with E-state index in [1.807, 2.05) is 0 Å². The maximum Gasteiger partial charge on any atom is 0.205 e. The van der Waals surface area contributed by atoms with Crippen LogP contribution in [0, 0.1) is 0 Å². The first kappa shape index (κ1) is 19.2. The molecule has 0 aliphatic heterocycles. The molecule has 3 aromatic rings. The van der Waals surface area contributed by atoms with Gasteiger partial charge in [-0.15, -0.1) is 0 Å². The highest BCUT2D eigenvalue weighted by atomic mass is 16.5. The van der Waals surface area contributed by atoms with Crippen LogP contribution in [0.4, 0.5) is 0 Å². The van der Waals surface area contributed by atoms with Crippen LogP contribution in [-0.2, 0) is 0 Å². The van der Waals surface area contributed by atoms with Crippen molar-refractivity contribution in [2.75, 3.05) is 28.4 Å². The van der Waals surface area contributed by atoms with Crippen LogP contribution in [0.1, 0.15) is 15.9 Å². The summed E-state index contributed by atoms with van der Waals surface area (Å²) in [7, 11) is 5.89. The molecule has 1 heterocycles. The van der Waals surface area contributed by atoms with Gasteiger partial charge < -0.3 is 28.5 Å². The summed E-state index contributed by atoms with van der Waals surface area (Å²) in [5.41, 5.74) is 1.02. The van der Waals surface area contributed by atoms with Crippen LogP contribution in [0.2, 0.25) is 0 Å². The highest BCUT2D eigenvalue weighted by Gasteiger charge is 2.26. The molecule has 0 saturated carbocycles. The minimum atomic E-state index is -0.453. The molecule has 1 aromatic heterocycles. The van der Waals surface area contributed by atoms with Crippen LogP contribution < -0.4 is 18.9 Å². The summed E-state index contributed by atoms with van der Waals surface area (Å²) in [6.07, 6.45) is 4.38. The van der Waals surface area contributed by atoms with Crippen molar-refractivity contribution in [3.8, 4) is 28.7 Å². The summed E-state index contributed by atoms with van der Waals surface area (Å²) >= 11 is 0. The van der Waals surface area contributed by atoms with Gasteiger partial charge >= 0.3 is 0 Å². The van der Waals surface area contributed by atoms with Crippen LogP contribution >= 0.6 is 0 Å². The molecule has 0 spiro atoms. The predicted molar refractivity (Wildman–Crippen MR) is 104 cm³/mol. The third-order valence-electron chi connectivity index (χ3n) is 4.28. The maximum absolute atomic E-state index is 12.9. The van der Waals surface area contributed by atoms with Crippen LogP contribution in [0.15, 0.2) is 41.0 Å². The molecule has 2 aromatic carbocycles. The number of allylic oxidation sites excluding steroid dienone is 1. The van der Waals surface area contributed by atoms with Gasteiger partial charge in [-0.2, -0.15) is 0 Å². The van der Waals surface area contributed by atoms with E-state index in [2.05, 4.69) is 0 Å². The van der Waals surface area contributed by atoms with E-state index in [-0.39, 0.29) is 22.8 Å². The number of rotatable bonds is 7. The van der Waals surface area contributed by atoms with E-state index in [4.69, 9.17) is 23.4 Å². The first-order valence-electron chi connectivity index (χ1n) is 8.34. The van der Waals surface area contributed by atoms with Crippen molar-refractivity contribution >= 4 is 22.8 Å². The van der Waals surface area contributed by atoms with Crippen LogP contribution in [0.3, 0.4) is 0 Å². The lowest BCUT2D eigenvalue weighted by Crippen LogP contribution is -2.02. The molecule has 146 valence electrons. The minimum Gasteiger partial charge on any atom is -0.504 e. The standard InChI is InChI=1S/C21H20O7/c1-24-15-8-6-12(11-16(15)25-2)5-7-14(22)17-18(23)21(27-4)20-13(9-10-28-20)19(17)26-3/h5-11,23H,1-4H3/b7-5+. The summed E-state index contributed by atoms with van der Waals surface area (Å²) in [5, 5.41) is 11.1. The number of phenolic OH excluding ortho intramolecular Hbond substituents is 1. The normalized spacial score (nSPS) is 11.0. The number of aromatic hydroxyl groups is 1. The van der Waals surface area contributed by atoms with Gasteiger partial charge in [0.2, 0.25) is 5.75 Å². The number of phenols is 1. The Bertz CT molecular complexity index is 1050. The third kappa shape index (κ3) is 3.22. The fourth-order valence-corrected chi connectivity index (χ4v) is 2.97. The van der Waals surface area contributed by atoms with E-state index in [0.717, 1.165) is 5.56 Å². The third-order valence-corrected chi connectivity index (χ3v) is 4.28. The Balaban J connectivity index is 2.04. The van der Waals surface area contributed by atoms with Crippen molar-refractivity contribution in [2.45, 2.75) is 0 Å². The molecular formula is C21H20O7. The summed E-state index contributed by atoms with van der Waals surface area (Å²) < 4.78 is 26.4. The van der Waals surface area contributed by atoms with Gasteiger partial charge in [-0.3, -0.25) is 4.79 Å². The molecule has 0 aliphatic rings. The lowest BCUT2D eigenvalue weighted by Gasteiger charge is -2.13. The summed E-state index contributed by atoms with van der Waals surface area (Å²) in [6, 6.07) is 6.90. The van der Waals surface area contributed by atoms with Gasteiger partial charge in [0.1, 0.15) is 11.3 Å². The molecule has 28 heavy (non-hydrogen) atoms. The second-order valence-corrected chi connectivity index (χ2v) is 5.77. The van der Waals surface area contributed by atoms with E-state index in [1.54, 1.807) is 37.5 Å². The predicted octanol–water partition coefficient (Wildman–Crippen LogP) is 4.07. The number of ketones is 1. The molecular weight excluding hydrogens is 364 g/mol. The number of hydrogen-bond donors (Lipinski definition) is 1. The second-order valence-electron chi connectivity index (χ2n) is 5.77. The number of benzene rings is 2. The van der Waals surface area contributed by atoms with E-state index in [1.165, 1.54) is 33.7 Å². The second kappa shape index (κ2) is 7.96. The Morgan fingerprint density at radius 3 is 2.32 bits per heavy atom. The Morgan fingerprint density at radius 2 is 1.68 bits per heavy atom.